The highest BCUT2D eigenvalue weighted by Gasteiger charge is 2.41. The third-order valence-corrected chi connectivity index (χ3v) is 4.77. The van der Waals surface area contributed by atoms with Crippen LogP contribution in [0.15, 0.2) is 0 Å². The molecule has 2 N–H and O–H groups in total. The molecule has 0 saturated heterocycles. The van der Waals surface area contributed by atoms with Crippen LogP contribution in [0.4, 0.5) is 4.79 Å². The van der Waals surface area contributed by atoms with Crippen LogP contribution in [0.3, 0.4) is 0 Å². The first-order valence-electron chi connectivity index (χ1n) is 6.76. The molecule has 0 aliphatic heterocycles. The Morgan fingerprint density at radius 3 is 2.05 bits per heavy atom. The smallest absolute Gasteiger partial charge is 0.407 e. The zero-order chi connectivity index (χ0) is 15.8. The van der Waals surface area contributed by atoms with Crippen molar-refractivity contribution in [2.75, 3.05) is 12.0 Å². The van der Waals surface area contributed by atoms with Crippen molar-refractivity contribution in [1.29, 1.82) is 0 Å². The average Bonchev–Trinajstić information content (AvgIpc) is 2.15. The molecular formula is C13H25NO5S. The molecule has 0 aromatic rings. The Morgan fingerprint density at radius 1 is 1.30 bits per heavy atom. The zero-order valence-electron chi connectivity index (χ0n) is 12.6. The Bertz CT molecular complexity index is 458. The van der Waals surface area contributed by atoms with Crippen molar-refractivity contribution < 1.29 is 23.4 Å². The van der Waals surface area contributed by atoms with Gasteiger partial charge in [0.25, 0.3) is 0 Å². The van der Waals surface area contributed by atoms with Crippen LogP contribution < -0.4 is 0 Å². The van der Waals surface area contributed by atoms with Crippen LogP contribution in [0, 0.1) is 0 Å². The monoisotopic (exact) mass is 307 g/mol. The Kier molecular flexibility index (Phi) is 4.76. The molecule has 1 saturated carbocycles. The third kappa shape index (κ3) is 4.63. The molecule has 0 bridgehead atoms. The summed E-state index contributed by atoms with van der Waals surface area (Å²) in [5, 5.41) is 19.6. The molecule has 1 fully saturated rings. The summed E-state index contributed by atoms with van der Waals surface area (Å²) >= 11 is 0. The van der Waals surface area contributed by atoms with E-state index < -0.39 is 27.1 Å². The molecule has 0 atom stereocenters. The molecule has 118 valence electrons. The van der Waals surface area contributed by atoms with Gasteiger partial charge in [-0.3, -0.25) is 0 Å². The number of carbonyl (C=O) groups is 1. The SMILES string of the molecule is CC(C)(C)N(C(=O)O)[C@H]1CC[C@](O)(CS(C)(=O)=O)CC1. The number of hydrogen-bond donors (Lipinski definition) is 2. The fourth-order valence-electron chi connectivity index (χ4n) is 3.02. The Morgan fingerprint density at radius 2 is 1.75 bits per heavy atom. The number of hydrogen-bond acceptors (Lipinski definition) is 4. The molecular weight excluding hydrogens is 282 g/mol. The van der Waals surface area contributed by atoms with Crippen molar-refractivity contribution in [1.82, 2.24) is 4.90 Å². The first-order valence-corrected chi connectivity index (χ1v) is 8.82. The minimum Gasteiger partial charge on any atom is -0.465 e. The Balaban J connectivity index is 2.77. The summed E-state index contributed by atoms with van der Waals surface area (Å²) in [4.78, 5) is 12.8. The van der Waals surface area contributed by atoms with Crippen LogP contribution in [-0.4, -0.2) is 58.8 Å². The normalized spacial score (nSPS) is 28.1. The van der Waals surface area contributed by atoms with Crippen LogP contribution in [0.1, 0.15) is 46.5 Å². The quantitative estimate of drug-likeness (QED) is 0.823. The predicted octanol–water partition coefficient (Wildman–Crippen LogP) is 1.48. The predicted molar refractivity (Wildman–Crippen MR) is 76.5 cm³/mol. The van der Waals surface area contributed by atoms with Gasteiger partial charge in [0, 0.05) is 17.8 Å². The molecule has 1 amide bonds. The molecule has 0 radical (unpaired) electrons. The number of aliphatic hydroxyl groups is 1. The maximum absolute atomic E-state index is 11.4. The molecule has 0 unspecified atom stereocenters. The molecule has 1 aliphatic rings. The van der Waals surface area contributed by atoms with Gasteiger partial charge in [-0.25, -0.2) is 13.2 Å². The highest BCUT2D eigenvalue weighted by atomic mass is 32.2. The second kappa shape index (κ2) is 5.52. The summed E-state index contributed by atoms with van der Waals surface area (Å²) in [5.41, 5.74) is -1.73. The van der Waals surface area contributed by atoms with Gasteiger partial charge in [-0.1, -0.05) is 0 Å². The van der Waals surface area contributed by atoms with Gasteiger partial charge in [0.1, 0.15) is 9.84 Å². The fourth-order valence-corrected chi connectivity index (χ4v) is 4.29. The van der Waals surface area contributed by atoms with E-state index in [4.69, 9.17) is 0 Å². The van der Waals surface area contributed by atoms with E-state index in [2.05, 4.69) is 0 Å². The van der Waals surface area contributed by atoms with Crippen molar-refractivity contribution in [3.8, 4) is 0 Å². The first-order chi connectivity index (χ1) is 8.84. The lowest BCUT2D eigenvalue weighted by atomic mass is 9.82. The van der Waals surface area contributed by atoms with Crippen LogP contribution in [0.5, 0.6) is 0 Å². The fraction of sp³-hybridized carbons (Fsp3) is 0.923. The molecule has 0 aromatic carbocycles. The number of sulfone groups is 1. The third-order valence-electron chi connectivity index (χ3n) is 3.71. The van der Waals surface area contributed by atoms with Gasteiger partial charge in [0.2, 0.25) is 0 Å². The second-order valence-corrected chi connectivity index (χ2v) is 8.99. The Labute approximate surface area is 120 Å². The molecule has 20 heavy (non-hydrogen) atoms. The highest BCUT2D eigenvalue weighted by Crippen LogP contribution is 2.34. The molecule has 6 nitrogen and oxygen atoms in total. The summed E-state index contributed by atoms with van der Waals surface area (Å²) in [6, 6.07) is -0.174. The molecule has 0 aromatic heterocycles. The van der Waals surface area contributed by atoms with E-state index in [9.17, 15) is 23.4 Å². The van der Waals surface area contributed by atoms with E-state index in [-0.39, 0.29) is 11.8 Å². The standard InChI is InChI=1S/C13H25NO5S/c1-12(2,3)14(11(15)16)10-5-7-13(17,8-6-10)9-20(4,18)19/h10,17H,5-9H2,1-4H3,(H,15,16)/t10-,13+. The van der Waals surface area contributed by atoms with Gasteiger partial charge in [-0.2, -0.15) is 0 Å². The lowest BCUT2D eigenvalue weighted by Crippen LogP contribution is -2.54. The van der Waals surface area contributed by atoms with Crippen molar-refractivity contribution in [3.63, 3.8) is 0 Å². The van der Waals surface area contributed by atoms with Crippen molar-refractivity contribution in [2.24, 2.45) is 0 Å². The number of amides is 1. The molecule has 7 heteroatoms. The molecule has 1 rings (SSSR count). The van der Waals surface area contributed by atoms with Gasteiger partial charge in [0.05, 0.1) is 11.4 Å². The minimum absolute atomic E-state index is 0.174. The first kappa shape index (κ1) is 17.2. The average molecular weight is 307 g/mol. The van der Waals surface area contributed by atoms with Crippen molar-refractivity contribution in [2.45, 2.75) is 63.6 Å². The molecule has 0 spiro atoms. The molecule has 1 aliphatic carbocycles. The zero-order valence-corrected chi connectivity index (χ0v) is 13.4. The van der Waals surface area contributed by atoms with E-state index in [0.29, 0.717) is 25.7 Å². The van der Waals surface area contributed by atoms with E-state index in [1.165, 1.54) is 4.90 Å². The van der Waals surface area contributed by atoms with Crippen molar-refractivity contribution >= 4 is 15.9 Å². The summed E-state index contributed by atoms with van der Waals surface area (Å²) < 4.78 is 22.6. The van der Waals surface area contributed by atoms with Gasteiger partial charge in [-0.15, -0.1) is 0 Å². The lowest BCUT2D eigenvalue weighted by molar-refractivity contribution is -0.0162. The number of nitrogens with zero attached hydrogens (tertiary/aromatic N) is 1. The van der Waals surface area contributed by atoms with Crippen LogP contribution in [-0.2, 0) is 9.84 Å². The van der Waals surface area contributed by atoms with Gasteiger partial charge in [0.15, 0.2) is 0 Å². The number of carboxylic acid groups (broad SMARTS) is 1. The van der Waals surface area contributed by atoms with Crippen LogP contribution >= 0.6 is 0 Å². The lowest BCUT2D eigenvalue weighted by Gasteiger charge is -2.44. The van der Waals surface area contributed by atoms with Crippen LogP contribution in [0.25, 0.3) is 0 Å². The Hall–Kier alpha value is -0.820. The number of rotatable bonds is 3. The van der Waals surface area contributed by atoms with Gasteiger partial charge >= 0.3 is 6.09 Å². The van der Waals surface area contributed by atoms with Crippen LogP contribution in [0.2, 0.25) is 0 Å². The maximum Gasteiger partial charge on any atom is 0.407 e. The summed E-state index contributed by atoms with van der Waals surface area (Å²) in [5.74, 6) is -0.255. The summed E-state index contributed by atoms with van der Waals surface area (Å²) in [6.45, 7) is 5.50. The second-order valence-electron chi connectivity index (χ2n) is 6.85. The van der Waals surface area contributed by atoms with E-state index in [1.54, 1.807) is 0 Å². The summed E-state index contributed by atoms with van der Waals surface area (Å²) in [6.07, 6.45) is 1.71. The van der Waals surface area contributed by atoms with E-state index in [0.717, 1.165) is 6.26 Å². The topological polar surface area (TPSA) is 94.9 Å². The maximum atomic E-state index is 11.4. The summed E-state index contributed by atoms with van der Waals surface area (Å²) in [7, 11) is -3.24. The van der Waals surface area contributed by atoms with Crippen molar-refractivity contribution in [3.05, 3.63) is 0 Å². The minimum atomic E-state index is -3.24. The van der Waals surface area contributed by atoms with E-state index >= 15 is 0 Å². The molecule has 0 heterocycles. The highest BCUT2D eigenvalue weighted by molar-refractivity contribution is 7.90. The van der Waals surface area contributed by atoms with E-state index in [1.807, 2.05) is 20.8 Å². The van der Waals surface area contributed by atoms with Gasteiger partial charge < -0.3 is 15.1 Å². The van der Waals surface area contributed by atoms with Gasteiger partial charge in [-0.05, 0) is 46.5 Å². The largest absolute Gasteiger partial charge is 0.465 e.